The summed E-state index contributed by atoms with van der Waals surface area (Å²) < 4.78 is 0. The van der Waals surface area contributed by atoms with Gasteiger partial charge in [0.05, 0.1) is 0 Å². The second-order valence-electron chi connectivity index (χ2n) is 2.45. The van der Waals surface area contributed by atoms with Gasteiger partial charge in [0.15, 0.2) is 0 Å². The Balaban J connectivity index is 2.44. The summed E-state index contributed by atoms with van der Waals surface area (Å²) >= 11 is 0. The van der Waals surface area contributed by atoms with E-state index in [9.17, 15) is 4.79 Å². The smallest absolute Gasteiger partial charge is 0.344 e. The Morgan fingerprint density at radius 3 is 2.77 bits per heavy atom. The molecule has 1 aromatic carbocycles. The number of benzene rings is 1. The third-order valence-electron chi connectivity index (χ3n) is 1.48. The van der Waals surface area contributed by atoms with E-state index in [-0.39, 0.29) is 0 Å². The fraction of sp³-hybridized carbons (Fsp3) is 0.111. The summed E-state index contributed by atoms with van der Waals surface area (Å²) in [6, 6.07) is 9.48. The molecule has 0 aliphatic heterocycles. The van der Waals surface area contributed by atoms with Gasteiger partial charge in [0, 0.05) is 6.54 Å². The first-order chi connectivity index (χ1) is 6.33. The SMILES string of the molecule is [N-]=[N+]=CC(=O)NCc1ccccc1. The van der Waals surface area contributed by atoms with Gasteiger partial charge in [-0.1, -0.05) is 30.3 Å². The van der Waals surface area contributed by atoms with Gasteiger partial charge in [-0.15, -0.1) is 0 Å². The Bertz CT molecular complexity index is 328. The van der Waals surface area contributed by atoms with Crippen LogP contribution in [-0.4, -0.2) is 16.9 Å². The quantitative estimate of drug-likeness (QED) is 0.408. The summed E-state index contributed by atoms with van der Waals surface area (Å²) in [7, 11) is 0. The van der Waals surface area contributed by atoms with Gasteiger partial charge in [0.2, 0.25) is 0 Å². The third-order valence-corrected chi connectivity index (χ3v) is 1.48. The van der Waals surface area contributed by atoms with Crippen molar-refractivity contribution in [1.29, 1.82) is 0 Å². The minimum absolute atomic E-state index is 0.411. The summed E-state index contributed by atoms with van der Waals surface area (Å²) in [6.45, 7) is 0.436. The van der Waals surface area contributed by atoms with E-state index in [2.05, 4.69) is 10.1 Å². The second-order valence-corrected chi connectivity index (χ2v) is 2.45. The highest BCUT2D eigenvalue weighted by molar-refractivity contribution is 6.23. The Hall–Kier alpha value is -1.93. The van der Waals surface area contributed by atoms with E-state index >= 15 is 0 Å². The number of nitrogens with one attached hydrogen (secondary N) is 1. The molecule has 4 heteroatoms. The minimum Gasteiger partial charge on any atom is -0.361 e. The van der Waals surface area contributed by atoms with Crippen LogP contribution in [0, 0.1) is 0 Å². The van der Waals surface area contributed by atoms with Crippen molar-refractivity contribution in [1.82, 2.24) is 5.32 Å². The van der Waals surface area contributed by atoms with E-state index < -0.39 is 5.91 Å². The lowest BCUT2D eigenvalue weighted by Crippen LogP contribution is -2.23. The van der Waals surface area contributed by atoms with Crippen molar-refractivity contribution in [2.75, 3.05) is 0 Å². The number of amides is 1. The summed E-state index contributed by atoms with van der Waals surface area (Å²) in [5.74, 6) is -0.411. The first kappa shape index (κ1) is 9.16. The van der Waals surface area contributed by atoms with Crippen LogP contribution < -0.4 is 5.32 Å². The minimum atomic E-state index is -0.411. The van der Waals surface area contributed by atoms with Crippen LogP contribution in [0.1, 0.15) is 5.56 Å². The summed E-state index contributed by atoms with van der Waals surface area (Å²) in [5, 5.41) is 2.55. The lowest BCUT2D eigenvalue weighted by molar-refractivity contribution is -0.118. The third kappa shape index (κ3) is 3.31. The van der Waals surface area contributed by atoms with Gasteiger partial charge in [-0.3, -0.25) is 4.79 Å². The predicted molar refractivity (Wildman–Crippen MR) is 48.0 cm³/mol. The average molecular weight is 175 g/mol. The molecule has 1 amide bonds. The molecular formula is C9H9N3O. The first-order valence-corrected chi connectivity index (χ1v) is 3.82. The van der Waals surface area contributed by atoms with E-state index in [0.717, 1.165) is 11.8 Å². The summed E-state index contributed by atoms with van der Waals surface area (Å²) in [6.07, 6.45) is 0.822. The Kier molecular flexibility index (Phi) is 3.42. The molecule has 0 aliphatic carbocycles. The standard InChI is InChI=1S/C9H9N3O/c10-12-7-9(13)11-6-8-4-2-1-3-5-8/h1-5,7H,6H2,(H,11,13). The lowest BCUT2D eigenvalue weighted by atomic mass is 10.2. The van der Waals surface area contributed by atoms with Crippen LogP contribution in [-0.2, 0) is 11.3 Å². The highest BCUT2D eigenvalue weighted by Crippen LogP contribution is 1.96. The van der Waals surface area contributed by atoms with Crippen LogP contribution in [0.5, 0.6) is 0 Å². The fourth-order valence-electron chi connectivity index (χ4n) is 0.883. The zero-order valence-corrected chi connectivity index (χ0v) is 6.97. The normalized spacial score (nSPS) is 8.62. The number of rotatable bonds is 3. The molecule has 1 aromatic rings. The van der Waals surface area contributed by atoms with E-state index in [1.54, 1.807) is 0 Å². The van der Waals surface area contributed by atoms with Crippen LogP contribution in [0.2, 0.25) is 0 Å². The molecule has 0 radical (unpaired) electrons. The molecule has 0 heterocycles. The molecule has 0 fully saturated rings. The Labute approximate surface area is 75.8 Å². The zero-order valence-electron chi connectivity index (χ0n) is 6.97. The van der Waals surface area contributed by atoms with Gasteiger partial charge < -0.3 is 10.8 Å². The van der Waals surface area contributed by atoms with Crippen molar-refractivity contribution in [3.8, 4) is 0 Å². The topological polar surface area (TPSA) is 65.5 Å². The monoisotopic (exact) mass is 175 g/mol. The van der Waals surface area contributed by atoms with E-state index in [1.807, 2.05) is 30.3 Å². The average Bonchev–Trinajstić information content (AvgIpc) is 2.17. The zero-order chi connectivity index (χ0) is 9.52. The van der Waals surface area contributed by atoms with Crippen molar-refractivity contribution in [2.24, 2.45) is 0 Å². The molecule has 4 nitrogen and oxygen atoms in total. The van der Waals surface area contributed by atoms with Gasteiger partial charge in [0.1, 0.15) is 0 Å². The van der Waals surface area contributed by atoms with Crippen LogP contribution >= 0.6 is 0 Å². The van der Waals surface area contributed by atoms with E-state index in [4.69, 9.17) is 5.53 Å². The highest BCUT2D eigenvalue weighted by atomic mass is 16.1. The molecule has 0 bridgehead atoms. The maximum Gasteiger partial charge on any atom is 0.344 e. The van der Waals surface area contributed by atoms with Crippen molar-refractivity contribution in [3.05, 3.63) is 41.4 Å². The predicted octanol–water partition coefficient (Wildman–Crippen LogP) is 0.603. The van der Waals surface area contributed by atoms with Crippen LogP contribution in [0.15, 0.2) is 30.3 Å². The largest absolute Gasteiger partial charge is 0.361 e. The maximum atomic E-state index is 10.8. The van der Waals surface area contributed by atoms with Gasteiger partial charge >= 0.3 is 12.1 Å². The van der Waals surface area contributed by atoms with Crippen LogP contribution in [0.25, 0.3) is 5.53 Å². The molecule has 66 valence electrons. The van der Waals surface area contributed by atoms with Gasteiger partial charge in [-0.25, -0.2) is 0 Å². The maximum absolute atomic E-state index is 10.8. The Morgan fingerprint density at radius 1 is 1.46 bits per heavy atom. The summed E-state index contributed by atoms with van der Waals surface area (Å²) in [5.41, 5.74) is 9.04. The lowest BCUT2D eigenvalue weighted by Gasteiger charge is -1.98. The second kappa shape index (κ2) is 4.85. The molecular weight excluding hydrogens is 166 g/mol. The Morgan fingerprint density at radius 2 is 2.15 bits per heavy atom. The van der Waals surface area contributed by atoms with Gasteiger partial charge in [0.25, 0.3) is 0 Å². The van der Waals surface area contributed by atoms with Crippen molar-refractivity contribution >= 4 is 12.1 Å². The molecule has 0 atom stereocenters. The van der Waals surface area contributed by atoms with Gasteiger partial charge in [-0.2, -0.15) is 4.79 Å². The van der Waals surface area contributed by atoms with E-state index in [1.165, 1.54) is 0 Å². The highest BCUT2D eigenvalue weighted by Gasteiger charge is 1.99. The number of hydrogen-bond donors (Lipinski definition) is 1. The molecule has 0 aliphatic rings. The van der Waals surface area contributed by atoms with Crippen LogP contribution in [0.3, 0.4) is 0 Å². The summed E-state index contributed by atoms with van der Waals surface area (Å²) in [4.78, 5) is 13.4. The van der Waals surface area contributed by atoms with Gasteiger partial charge in [-0.05, 0) is 5.56 Å². The van der Waals surface area contributed by atoms with E-state index in [0.29, 0.717) is 6.54 Å². The number of hydrogen-bond acceptors (Lipinski definition) is 1. The number of nitrogens with zero attached hydrogens (tertiary/aromatic N) is 2. The van der Waals surface area contributed by atoms with Crippen molar-refractivity contribution in [2.45, 2.75) is 6.54 Å². The molecule has 1 rings (SSSR count). The number of carbonyl (C=O) groups is 1. The fourth-order valence-corrected chi connectivity index (χ4v) is 0.883. The molecule has 0 spiro atoms. The molecule has 0 saturated carbocycles. The molecule has 0 aromatic heterocycles. The molecule has 0 unspecified atom stereocenters. The first-order valence-electron chi connectivity index (χ1n) is 3.82. The number of carbonyl (C=O) groups excluding carboxylic acids is 1. The molecule has 0 saturated heterocycles. The van der Waals surface area contributed by atoms with Crippen LogP contribution in [0.4, 0.5) is 0 Å². The van der Waals surface area contributed by atoms with Crippen molar-refractivity contribution in [3.63, 3.8) is 0 Å². The molecule has 1 N–H and O–H groups in total. The molecule has 13 heavy (non-hydrogen) atoms. The van der Waals surface area contributed by atoms with Crippen molar-refractivity contribution < 1.29 is 9.58 Å².